The number of nitrogens with zero attached hydrogens (tertiary/aromatic N) is 2. The van der Waals surface area contributed by atoms with Crippen LogP contribution in [0.5, 0.6) is 0 Å². The van der Waals surface area contributed by atoms with Gasteiger partial charge < -0.3 is 15.5 Å². The average Bonchev–Trinajstić information content (AvgIpc) is 2.44. The summed E-state index contributed by atoms with van der Waals surface area (Å²) in [5.41, 5.74) is 7.07. The van der Waals surface area contributed by atoms with Gasteiger partial charge in [0.15, 0.2) is 0 Å². The minimum absolute atomic E-state index is 0.0263. The number of likely N-dealkylation sites (N-methyl/N-ethyl adjacent to an activating group) is 1. The first-order chi connectivity index (χ1) is 9.49. The van der Waals surface area contributed by atoms with E-state index in [2.05, 4.69) is 0 Å². The van der Waals surface area contributed by atoms with E-state index in [1.54, 1.807) is 41.1 Å². The van der Waals surface area contributed by atoms with Gasteiger partial charge in [-0.1, -0.05) is 6.92 Å². The summed E-state index contributed by atoms with van der Waals surface area (Å²) in [5, 5.41) is 0. The van der Waals surface area contributed by atoms with Crippen LogP contribution in [0.3, 0.4) is 0 Å². The zero-order valence-corrected chi connectivity index (χ0v) is 12.0. The van der Waals surface area contributed by atoms with E-state index in [9.17, 15) is 9.59 Å². The van der Waals surface area contributed by atoms with Crippen LogP contribution in [0.1, 0.15) is 19.8 Å². The number of nitrogens with two attached hydrogens (primary N) is 1. The Morgan fingerprint density at radius 1 is 1.40 bits per heavy atom. The fourth-order valence-corrected chi connectivity index (χ4v) is 2.40. The van der Waals surface area contributed by atoms with Crippen LogP contribution < -0.4 is 10.6 Å². The van der Waals surface area contributed by atoms with Crippen molar-refractivity contribution in [2.45, 2.75) is 19.8 Å². The SMILES string of the molecule is CC1CCCN(CC(=O)N(C)c2ccc(N)cc2)C1=O. The van der Waals surface area contributed by atoms with Gasteiger partial charge in [0.05, 0.1) is 0 Å². The maximum atomic E-state index is 12.2. The van der Waals surface area contributed by atoms with Crippen LogP contribution in [0.4, 0.5) is 11.4 Å². The van der Waals surface area contributed by atoms with Gasteiger partial charge in [-0.05, 0) is 37.1 Å². The molecule has 0 saturated carbocycles. The van der Waals surface area contributed by atoms with Crippen molar-refractivity contribution in [1.82, 2.24) is 4.90 Å². The van der Waals surface area contributed by atoms with Crippen molar-refractivity contribution < 1.29 is 9.59 Å². The second kappa shape index (κ2) is 5.94. The van der Waals surface area contributed by atoms with Gasteiger partial charge in [-0.25, -0.2) is 0 Å². The fraction of sp³-hybridized carbons (Fsp3) is 0.467. The molecule has 0 aromatic heterocycles. The molecule has 1 unspecified atom stereocenters. The lowest BCUT2D eigenvalue weighted by Crippen LogP contribution is -2.46. The molecule has 5 nitrogen and oxygen atoms in total. The van der Waals surface area contributed by atoms with E-state index < -0.39 is 0 Å². The molecule has 2 N–H and O–H groups in total. The molecule has 1 aliphatic rings. The van der Waals surface area contributed by atoms with Gasteiger partial charge >= 0.3 is 0 Å². The van der Waals surface area contributed by atoms with Crippen LogP contribution in [-0.2, 0) is 9.59 Å². The van der Waals surface area contributed by atoms with Gasteiger partial charge in [0.2, 0.25) is 11.8 Å². The van der Waals surface area contributed by atoms with E-state index in [1.165, 1.54) is 0 Å². The summed E-state index contributed by atoms with van der Waals surface area (Å²) in [6, 6.07) is 7.11. The number of hydrogen-bond donors (Lipinski definition) is 1. The van der Waals surface area contributed by atoms with Crippen molar-refractivity contribution in [2.24, 2.45) is 5.92 Å². The summed E-state index contributed by atoms with van der Waals surface area (Å²) in [7, 11) is 1.71. The van der Waals surface area contributed by atoms with Crippen molar-refractivity contribution in [1.29, 1.82) is 0 Å². The Kier molecular flexibility index (Phi) is 4.27. The first kappa shape index (κ1) is 14.4. The number of likely N-dealkylation sites (tertiary alicyclic amines) is 1. The molecule has 0 aliphatic carbocycles. The third kappa shape index (κ3) is 3.10. The lowest BCUT2D eigenvalue weighted by atomic mass is 9.99. The number of rotatable bonds is 3. The van der Waals surface area contributed by atoms with E-state index in [4.69, 9.17) is 5.73 Å². The Labute approximate surface area is 119 Å². The van der Waals surface area contributed by atoms with Crippen LogP contribution in [-0.4, -0.2) is 36.9 Å². The summed E-state index contributed by atoms with van der Waals surface area (Å²) in [5.74, 6) is 0.0194. The second-order valence-corrected chi connectivity index (χ2v) is 5.35. The van der Waals surface area contributed by atoms with E-state index in [0.717, 1.165) is 18.5 Å². The molecule has 0 bridgehead atoms. The Morgan fingerprint density at radius 3 is 2.70 bits per heavy atom. The second-order valence-electron chi connectivity index (χ2n) is 5.35. The minimum atomic E-state index is -0.0859. The minimum Gasteiger partial charge on any atom is -0.399 e. The standard InChI is InChI=1S/C15H21N3O2/c1-11-4-3-9-18(15(11)20)10-14(19)17(2)13-7-5-12(16)6-8-13/h5-8,11H,3-4,9-10,16H2,1-2H3. The maximum Gasteiger partial charge on any atom is 0.246 e. The summed E-state index contributed by atoms with van der Waals surface area (Å²) < 4.78 is 0. The van der Waals surface area contributed by atoms with Gasteiger partial charge in [0, 0.05) is 30.9 Å². The molecule has 1 aromatic rings. The molecule has 1 atom stereocenters. The molecule has 0 spiro atoms. The molecule has 20 heavy (non-hydrogen) atoms. The number of nitrogen functional groups attached to an aromatic ring is 1. The average molecular weight is 275 g/mol. The molecule has 1 aromatic carbocycles. The Balaban J connectivity index is 2.00. The Bertz CT molecular complexity index is 498. The van der Waals surface area contributed by atoms with Crippen LogP contribution in [0.15, 0.2) is 24.3 Å². The van der Waals surface area contributed by atoms with Crippen LogP contribution in [0.25, 0.3) is 0 Å². The van der Waals surface area contributed by atoms with Gasteiger partial charge in [0.25, 0.3) is 0 Å². The van der Waals surface area contributed by atoms with Crippen molar-refractivity contribution in [3.05, 3.63) is 24.3 Å². The smallest absolute Gasteiger partial charge is 0.246 e. The topological polar surface area (TPSA) is 66.6 Å². The predicted molar refractivity (Wildman–Crippen MR) is 79.2 cm³/mol. The maximum absolute atomic E-state index is 12.2. The first-order valence-electron chi connectivity index (χ1n) is 6.90. The Morgan fingerprint density at radius 2 is 2.05 bits per heavy atom. The van der Waals surface area contributed by atoms with Crippen molar-refractivity contribution in [3.8, 4) is 0 Å². The van der Waals surface area contributed by atoms with Gasteiger partial charge in [-0.2, -0.15) is 0 Å². The molecule has 2 amide bonds. The summed E-state index contributed by atoms with van der Waals surface area (Å²) in [6.45, 7) is 2.73. The normalized spacial score (nSPS) is 19.0. The van der Waals surface area contributed by atoms with Crippen molar-refractivity contribution >= 4 is 23.2 Å². The summed E-state index contributed by atoms with van der Waals surface area (Å²) in [4.78, 5) is 27.5. The third-order valence-corrected chi connectivity index (χ3v) is 3.78. The molecule has 0 radical (unpaired) electrons. The molecule has 1 heterocycles. The quantitative estimate of drug-likeness (QED) is 0.850. The molecule has 1 aliphatic heterocycles. The van der Waals surface area contributed by atoms with Gasteiger partial charge in [-0.15, -0.1) is 0 Å². The number of hydrogen-bond acceptors (Lipinski definition) is 3. The van der Waals surface area contributed by atoms with E-state index >= 15 is 0 Å². The highest BCUT2D eigenvalue weighted by molar-refractivity contribution is 5.96. The Hall–Kier alpha value is -2.04. The monoisotopic (exact) mass is 275 g/mol. The lowest BCUT2D eigenvalue weighted by molar-refractivity contribution is -0.140. The zero-order chi connectivity index (χ0) is 14.7. The number of anilines is 2. The summed E-state index contributed by atoms with van der Waals surface area (Å²) >= 11 is 0. The van der Waals surface area contributed by atoms with Gasteiger partial charge in [-0.3, -0.25) is 9.59 Å². The van der Waals surface area contributed by atoms with Crippen LogP contribution in [0, 0.1) is 5.92 Å². The molecule has 1 saturated heterocycles. The van der Waals surface area contributed by atoms with E-state index in [1.807, 2.05) is 6.92 Å². The van der Waals surface area contributed by atoms with Crippen molar-refractivity contribution in [3.63, 3.8) is 0 Å². The zero-order valence-electron chi connectivity index (χ0n) is 12.0. The number of carbonyl (C=O) groups is 2. The highest BCUT2D eigenvalue weighted by atomic mass is 16.2. The number of amides is 2. The molecule has 5 heteroatoms. The molecular weight excluding hydrogens is 254 g/mol. The molecule has 1 fully saturated rings. The molecule has 108 valence electrons. The van der Waals surface area contributed by atoms with Crippen LogP contribution >= 0.6 is 0 Å². The van der Waals surface area contributed by atoms with Crippen LogP contribution in [0.2, 0.25) is 0 Å². The first-order valence-corrected chi connectivity index (χ1v) is 6.90. The highest BCUT2D eigenvalue weighted by Crippen LogP contribution is 2.19. The van der Waals surface area contributed by atoms with E-state index in [-0.39, 0.29) is 24.3 Å². The predicted octanol–water partition coefficient (Wildman–Crippen LogP) is 1.49. The largest absolute Gasteiger partial charge is 0.399 e. The fourth-order valence-electron chi connectivity index (χ4n) is 2.40. The number of carbonyl (C=O) groups excluding carboxylic acids is 2. The molecule has 2 rings (SSSR count). The lowest BCUT2D eigenvalue weighted by Gasteiger charge is -2.31. The highest BCUT2D eigenvalue weighted by Gasteiger charge is 2.27. The number of piperidine rings is 1. The van der Waals surface area contributed by atoms with E-state index in [0.29, 0.717) is 12.2 Å². The third-order valence-electron chi connectivity index (χ3n) is 3.78. The van der Waals surface area contributed by atoms with Gasteiger partial charge in [0.1, 0.15) is 6.54 Å². The van der Waals surface area contributed by atoms with Crippen molar-refractivity contribution in [2.75, 3.05) is 30.8 Å². The summed E-state index contributed by atoms with van der Waals surface area (Å²) in [6.07, 6.45) is 1.88. The number of benzene rings is 1. The molecular formula is C15H21N3O2.